The fourth-order valence-corrected chi connectivity index (χ4v) is 2.82. The minimum absolute atomic E-state index is 0.0367. The summed E-state index contributed by atoms with van der Waals surface area (Å²) in [6.07, 6.45) is 1.53. The zero-order valence-electron chi connectivity index (χ0n) is 16.0. The van der Waals surface area contributed by atoms with Gasteiger partial charge in [-0.1, -0.05) is 0 Å². The molecule has 0 atom stereocenters. The minimum Gasteiger partial charge on any atom is -0.467 e. The lowest BCUT2D eigenvalue weighted by molar-refractivity contribution is -0.140. The average Bonchev–Trinajstić information content (AvgIpc) is 3.29. The van der Waals surface area contributed by atoms with Crippen LogP contribution in [0, 0.1) is 0 Å². The van der Waals surface area contributed by atoms with Crippen LogP contribution in [-0.2, 0) is 30.3 Å². The molecule has 29 heavy (non-hydrogen) atoms. The Kier molecular flexibility index (Phi) is 6.30. The molecule has 9 nitrogen and oxygen atoms in total. The topological polar surface area (TPSA) is 107 Å². The third-order valence-electron chi connectivity index (χ3n) is 4.28. The number of carbonyl (C=O) groups excluding carboxylic acids is 3. The molecule has 1 amide bonds. The minimum atomic E-state index is -0.686. The number of amides is 1. The number of nitrogens with one attached hydrogen (secondary N) is 1. The number of nitrogens with zero attached hydrogens (tertiary/aromatic N) is 1. The number of rotatable bonds is 6. The molecule has 1 aliphatic heterocycles. The van der Waals surface area contributed by atoms with E-state index < -0.39 is 11.9 Å². The second kappa shape index (κ2) is 9.07. The molecule has 1 aromatic carbocycles. The predicted octanol–water partition coefficient (Wildman–Crippen LogP) is 1.60. The standard InChI is InChI=1S/C20H20N2O7/c1-26-19(24)16-11-28-12-22(17(16)20(25)27-2)14-7-5-13(6-8-14)18(23)21-10-15-4-3-9-29-15/h3-9H,10-12H2,1-2H3,(H,21,23). The maximum Gasteiger partial charge on any atom is 0.355 e. The van der Waals surface area contributed by atoms with Gasteiger partial charge in [0.05, 0.1) is 39.2 Å². The van der Waals surface area contributed by atoms with Crippen LogP contribution in [0.4, 0.5) is 5.69 Å². The first kappa shape index (κ1) is 20.2. The highest BCUT2D eigenvalue weighted by Crippen LogP contribution is 2.27. The van der Waals surface area contributed by atoms with Gasteiger partial charge in [-0.15, -0.1) is 0 Å². The Labute approximate surface area is 166 Å². The molecule has 0 radical (unpaired) electrons. The van der Waals surface area contributed by atoms with Gasteiger partial charge in [-0.2, -0.15) is 0 Å². The zero-order chi connectivity index (χ0) is 20.8. The molecule has 152 valence electrons. The third kappa shape index (κ3) is 4.46. The van der Waals surface area contributed by atoms with Crippen molar-refractivity contribution in [3.63, 3.8) is 0 Å². The summed E-state index contributed by atoms with van der Waals surface area (Å²) < 4.78 is 20.2. The molecular formula is C20H20N2O7. The van der Waals surface area contributed by atoms with E-state index in [1.165, 1.54) is 25.4 Å². The first-order valence-corrected chi connectivity index (χ1v) is 8.71. The van der Waals surface area contributed by atoms with E-state index in [4.69, 9.17) is 18.6 Å². The molecule has 9 heteroatoms. The maximum absolute atomic E-state index is 12.3. The van der Waals surface area contributed by atoms with Gasteiger partial charge >= 0.3 is 11.9 Å². The molecule has 0 spiro atoms. The number of hydrogen-bond acceptors (Lipinski definition) is 8. The van der Waals surface area contributed by atoms with E-state index in [1.54, 1.807) is 36.4 Å². The lowest BCUT2D eigenvalue weighted by Gasteiger charge is -2.31. The van der Waals surface area contributed by atoms with Crippen LogP contribution in [0.3, 0.4) is 0 Å². The summed E-state index contributed by atoms with van der Waals surface area (Å²) >= 11 is 0. The quantitative estimate of drug-likeness (QED) is 0.729. The molecule has 1 N–H and O–H groups in total. The van der Waals surface area contributed by atoms with Gasteiger partial charge in [0, 0.05) is 11.3 Å². The molecule has 3 rings (SSSR count). The maximum atomic E-state index is 12.3. The Morgan fingerprint density at radius 1 is 1.07 bits per heavy atom. The summed E-state index contributed by atoms with van der Waals surface area (Å²) in [5.74, 6) is -0.997. The Hall–Kier alpha value is -3.59. The summed E-state index contributed by atoms with van der Waals surface area (Å²) in [6, 6.07) is 10.0. The predicted molar refractivity (Wildman–Crippen MR) is 101 cm³/mol. The summed E-state index contributed by atoms with van der Waals surface area (Å²) in [5, 5.41) is 2.75. The molecular weight excluding hydrogens is 380 g/mol. The van der Waals surface area contributed by atoms with Crippen LogP contribution in [0.15, 0.2) is 58.3 Å². The number of carbonyl (C=O) groups is 3. The Morgan fingerprint density at radius 3 is 2.41 bits per heavy atom. The van der Waals surface area contributed by atoms with Crippen molar-refractivity contribution in [2.75, 3.05) is 32.5 Å². The van der Waals surface area contributed by atoms with Crippen molar-refractivity contribution in [3.8, 4) is 0 Å². The van der Waals surface area contributed by atoms with Crippen molar-refractivity contribution in [2.24, 2.45) is 0 Å². The van der Waals surface area contributed by atoms with Crippen LogP contribution in [0.25, 0.3) is 0 Å². The van der Waals surface area contributed by atoms with Crippen LogP contribution in [0.5, 0.6) is 0 Å². The van der Waals surface area contributed by atoms with Crippen molar-refractivity contribution in [1.29, 1.82) is 0 Å². The van der Waals surface area contributed by atoms with Crippen molar-refractivity contribution >= 4 is 23.5 Å². The molecule has 0 unspecified atom stereocenters. The van der Waals surface area contributed by atoms with Gasteiger partial charge in [-0.05, 0) is 36.4 Å². The average molecular weight is 400 g/mol. The van der Waals surface area contributed by atoms with E-state index in [9.17, 15) is 14.4 Å². The number of benzene rings is 1. The van der Waals surface area contributed by atoms with E-state index in [1.807, 2.05) is 0 Å². The van der Waals surface area contributed by atoms with E-state index in [2.05, 4.69) is 5.32 Å². The number of hydrogen-bond donors (Lipinski definition) is 1. The highest BCUT2D eigenvalue weighted by Gasteiger charge is 2.32. The summed E-state index contributed by atoms with van der Waals surface area (Å²) in [4.78, 5) is 38.1. The Morgan fingerprint density at radius 2 is 1.79 bits per heavy atom. The molecule has 0 bridgehead atoms. The van der Waals surface area contributed by atoms with Crippen LogP contribution in [-0.4, -0.2) is 45.4 Å². The number of methoxy groups -OCH3 is 2. The Bertz CT molecular complexity index is 917. The van der Waals surface area contributed by atoms with Gasteiger partial charge in [0.25, 0.3) is 5.91 Å². The van der Waals surface area contributed by atoms with Crippen molar-refractivity contribution in [3.05, 3.63) is 65.3 Å². The van der Waals surface area contributed by atoms with Gasteiger partial charge in [0.15, 0.2) is 0 Å². The number of esters is 2. The van der Waals surface area contributed by atoms with Crippen molar-refractivity contribution < 1.29 is 33.0 Å². The molecule has 1 aliphatic rings. The molecule has 2 heterocycles. The molecule has 2 aromatic rings. The fourth-order valence-electron chi connectivity index (χ4n) is 2.82. The summed E-state index contributed by atoms with van der Waals surface area (Å²) in [6.45, 7) is 0.237. The third-order valence-corrected chi connectivity index (χ3v) is 4.28. The van der Waals surface area contributed by atoms with Crippen molar-refractivity contribution in [2.45, 2.75) is 6.54 Å². The highest BCUT2D eigenvalue weighted by atomic mass is 16.5. The van der Waals surface area contributed by atoms with Gasteiger partial charge < -0.3 is 28.8 Å². The van der Waals surface area contributed by atoms with Crippen LogP contribution in [0.2, 0.25) is 0 Å². The SMILES string of the molecule is COC(=O)C1=C(C(=O)OC)N(c2ccc(C(=O)NCc3ccco3)cc2)COC1. The normalized spacial score (nSPS) is 13.8. The highest BCUT2D eigenvalue weighted by molar-refractivity contribution is 6.03. The second-order valence-corrected chi connectivity index (χ2v) is 6.02. The lowest BCUT2D eigenvalue weighted by atomic mass is 10.1. The number of anilines is 1. The zero-order valence-corrected chi connectivity index (χ0v) is 16.0. The number of ether oxygens (including phenoxy) is 3. The van der Waals surface area contributed by atoms with E-state index in [0.717, 1.165) is 0 Å². The fraction of sp³-hybridized carbons (Fsp3) is 0.250. The molecule has 0 saturated heterocycles. The largest absolute Gasteiger partial charge is 0.467 e. The first-order valence-electron chi connectivity index (χ1n) is 8.71. The van der Waals surface area contributed by atoms with Gasteiger partial charge in [-0.25, -0.2) is 9.59 Å². The first-order chi connectivity index (χ1) is 14.0. The molecule has 0 aliphatic carbocycles. The smallest absolute Gasteiger partial charge is 0.355 e. The van der Waals surface area contributed by atoms with Crippen LogP contribution >= 0.6 is 0 Å². The molecule has 1 aromatic heterocycles. The summed E-state index contributed by atoms with van der Waals surface area (Å²) in [7, 11) is 2.45. The lowest BCUT2D eigenvalue weighted by Crippen LogP contribution is -2.38. The van der Waals surface area contributed by atoms with Crippen LogP contribution in [0.1, 0.15) is 16.1 Å². The van der Waals surface area contributed by atoms with E-state index in [-0.39, 0.29) is 37.1 Å². The molecule has 0 saturated carbocycles. The van der Waals surface area contributed by atoms with Crippen LogP contribution < -0.4 is 10.2 Å². The van der Waals surface area contributed by atoms with Crippen molar-refractivity contribution in [1.82, 2.24) is 5.32 Å². The Balaban J connectivity index is 1.80. The summed E-state index contributed by atoms with van der Waals surface area (Å²) in [5.41, 5.74) is 1.08. The molecule has 0 fully saturated rings. The van der Waals surface area contributed by atoms with E-state index >= 15 is 0 Å². The van der Waals surface area contributed by atoms with E-state index in [0.29, 0.717) is 17.0 Å². The van der Waals surface area contributed by atoms with Gasteiger partial charge in [0.2, 0.25) is 0 Å². The monoisotopic (exact) mass is 400 g/mol. The second-order valence-electron chi connectivity index (χ2n) is 6.02. The van der Waals surface area contributed by atoms with Gasteiger partial charge in [0.1, 0.15) is 18.2 Å². The number of furan rings is 1. The van der Waals surface area contributed by atoms with Gasteiger partial charge in [-0.3, -0.25) is 4.79 Å².